The minimum absolute atomic E-state index is 0.146. The van der Waals surface area contributed by atoms with Crippen molar-refractivity contribution in [3.63, 3.8) is 0 Å². The number of nitrogens with zero attached hydrogens (tertiary/aromatic N) is 4. The zero-order valence-corrected chi connectivity index (χ0v) is 20.2. The van der Waals surface area contributed by atoms with Gasteiger partial charge in [0.1, 0.15) is 0 Å². The number of unbranched alkanes of at least 4 members (excludes halogenated alkanes) is 1. The van der Waals surface area contributed by atoms with E-state index >= 15 is 0 Å². The van der Waals surface area contributed by atoms with Crippen LogP contribution in [0.25, 0.3) is 11.2 Å². The molecule has 3 N–H and O–H groups in total. The lowest BCUT2D eigenvalue weighted by molar-refractivity contribution is 0.143. The fraction of sp³-hybridized carbons (Fsp3) is 0.429. The molecule has 34 heavy (non-hydrogen) atoms. The predicted molar refractivity (Wildman–Crippen MR) is 129 cm³/mol. The number of nitrogens with one attached hydrogen (secondary N) is 3. The number of aryl methyl sites for hydroxylation is 1. The van der Waals surface area contributed by atoms with Gasteiger partial charge in [0.25, 0.3) is 0 Å². The zero-order chi connectivity index (χ0) is 24.1. The maximum atomic E-state index is 12.0. The molecule has 11 nitrogen and oxygen atoms in total. The van der Waals surface area contributed by atoms with Gasteiger partial charge in [0.2, 0.25) is 15.3 Å². The normalized spacial score (nSPS) is 13.6. The second-order valence-electron chi connectivity index (χ2n) is 7.94. The molecule has 13 heteroatoms. The number of hydrogen-bond donors (Lipinski definition) is 3. The van der Waals surface area contributed by atoms with E-state index in [0.717, 1.165) is 12.0 Å². The van der Waals surface area contributed by atoms with Gasteiger partial charge in [0, 0.05) is 25.8 Å². The number of aromatic nitrogens is 4. The van der Waals surface area contributed by atoms with E-state index in [-0.39, 0.29) is 23.7 Å². The first kappa shape index (κ1) is 24.0. The van der Waals surface area contributed by atoms with Gasteiger partial charge >= 0.3 is 6.09 Å². The third kappa shape index (κ3) is 6.06. The molecule has 2 aromatic heterocycles. The molecule has 1 aliphatic rings. The Bertz CT molecular complexity index is 1260. The van der Waals surface area contributed by atoms with Crippen molar-refractivity contribution >= 4 is 50.4 Å². The van der Waals surface area contributed by atoms with E-state index in [1.807, 2.05) is 4.57 Å². The first-order valence-electron chi connectivity index (χ1n) is 10.9. The van der Waals surface area contributed by atoms with E-state index in [0.29, 0.717) is 48.5 Å². The molecule has 0 unspecified atom stereocenters. The van der Waals surface area contributed by atoms with Crippen molar-refractivity contribution in [3.05, 3.63) is 41.4 Å². The minimum Gasteiger partial charge on any atom is -0.450 e. The molecule has 0 bridgehead atoms. The highest BCUT2D eigenvalue weighted by molar-refractivity contribution is 7.93. The number of alkyl carbamates (subject to hydrolysis) is 1. The Kier molecular flexibility index (Phi) is 7.37. The number of carbonyl (C=O) groups is 1. The van der Waals surface area contributed by atoms with E-state index in [1.165, 1.54) is 0 Å². The van der Waals surface area contributed by atoms with Gasteiger partial charge in [-0.2, -0.15) is 9.97 Å². The summed E-state index contributed by atoms with van der Waals surface area (Å²) in [4.78, 5) is 24.6. The number of ether oxygens (including phenoxy) is 1. The first-order chi connectivity index (χ1) is 16.4. The lowest BCUT2D eigenvalue weighted by atomic mass is 10.2. The molecular formula is C21H26ClN7O4S. The molecule has 0 saturated heterocycles. The number of halogens is 1. The van der Waals surface area contributed by atoms with Crippen LogP contribution in [0, 0.1) is 0 Å². The summed E-state index contributed by atoms with van der Waals surface area (Å²) in [6, 6.07) is 6.88. The molecule has 2 heterocycles. The molecule has 1 aliphatic carbocycles. The third-order valence-corrected chi connectivity index (χ3v) is 7.35. The van der Waals surface area contributed by atoms with Gasteiger partial charge in [0.05, 0.1) is 18.2 Å². The number of imidazole rings is 1. The fourth-order valence-corrected chi connectivity index (χ4v) is 4.90. The maximum absolute atomic E-state index is 12.0. The highest BCUT2D eigenvalue weighted by Crippen LogP contribution is 2.29. The Morgan fingerprint density at radius 1 is 1.21 bits per heavy atom. The van der Waals surface area contributed by atoms with Gasteiger partial charge in [-0.3, -0.25) is 4.72 Å². The average molecular weight is 508 g/mol. The Morgan fingerprint density at radius 2 is 1.97 bits per heavy atom. The van der Waals surface area contributed by atoms with E-state index < -0.39 is 16.1 Å². The van der Waals surface area contributed by atoms with Gasteiger partial charge in [-0.05, 0) is 55.0 Å². The molecule has 1 amide bonds. The summed E-state index contributed by atoms with van der Waals surface area (Å²) in [6.45, 7) is 1.20. The number of rotatable bonds is 11. The summed E-state index contributed by atoms with van der Waals surface area (Å²) in [5.41, 5.74) is 2.64. The van der Waals surface area contributed by atoms with E-state index in [4.69, 9.17) is 16.3 Å². The van der Waals surface area contributed by atoms with E-state index in [9.17, 15) is 13.2 Å². The van der Waals surface area contributed by atoms with Crippen molar-refractivity contribution in [1.82, 2.24) is 24.8 Å². The SMILES string of the molecule is CNc1nc(Cl)nc2c1ncn2CCCCOC(=O)NCc1ccc(NS(=O)(=O)C2CC2)cc1. The smallest absolute Gasteiger partial charge is 0.407 e. The lowest BCUT2D eigenvalue weighted by Gasteiger charge is -2.09. The molecule has 0 radical (unpaired) electrons. The largest absolute Gasteiger partial charge is 0.450 e. The van der Waals surface area contributed by atoms with E-state index in [2.05, 4.69) is 30.3 Å². The number of anilines is 2. The molecule has 0 atom stereocenters. The van der Waals surface area contributed by atoms with Crippen LogP contribution in [0.15, 0.2) is 30.6 Å². The zero-order valence-electron chi connectivity index (χ0n) is 18.6. The van der Waals surface area contributed by atoms with E-state index in [1.54, 1.807) is 37.6 Å². The van der Waals surface area contributed by atoms with Crippen LogP contribution in [0.3, 0.4) is 0 Å². The van der Waals surface area contributed by atoms with Crippen LogP contribution in [0.1, 0.15) is 31.2 Å². The van der Waals surface area contributed by atoms with Crippen LogP contribution >= 0.6 is 11.6 Å². The van der Waals surface area contributed by atoms with Crippen LogP contribution in [-0.2, 0) is 27.8 Å². The van der Waals surface area contributed by atoms with Crippen molar-refractivity contribution in [2.45, 2.75) is 44.0 Å². The summed E-state index contributed by atoms with van der Waals surface area (Å²) in [6.07, 6.45) is 4.02. The maximum Gasteiger partial charge on any atom is 0.407 e. The van der Waals surface area contributed by atoms with Gasteiger partial charge in [0.15, 0.2) is 17.0 Å². The summed E-state index contributed by atoms with van der Waals surface area (Å²) in [5, 5.41) is 5.51. The highest BCUT2D eigenvalue weighted by Gasteiger charge is 2.35. The minimum atomic E-state index is -3.28. The summed E-state index contributed by atoms with van der Waals surface area (Å²) in [7, 11) is -1.54. The van der Waals surface area contributed by atoms with Gasteiger partial charge < -0.3 is 19.9 Å². The van der Waals surface area contributed by atoms with Gasteiger partial charge in [-0.25, -0.2) is 18.2 Å². The van der Waals surface area contributed by atoms with Crippen molar-refractivity contribution < 1.29 is 17.9 Å². The topological polar surface area (TPSA) is 140 Å². The average Bonchev–Trinajstić information content (AvgIpc) is 3.61. The van der Waals surface area contributed by atoms with Crippen LogP contribution in [0.4, 0.5) is 16.3 Å². The first-order valence-corrected chi connectivity index (χ1v) is 12.9. The molecule has 1 fully saturated rings. The molecule has 1 aromatic carbocycles. The van der Waals surface area contributed by atoms with Crippen molar-refractivity contribution in [1.29, 1.82) is 0 Å². The highest BCUT2D eigenvalue weighted by atomic mass is 35.5. The Hall–Kier alpha value is -3.12. The fourth-order valence-electron chi connectivity index (χ4n) is 3.35. The monoisotopic (exact) mass is 507 g/mol. The Morgan fingerprint density at radius 3 is 2.68 bits per heavy atom. The molecule has 3 aromatic rings. The van der Waals surface area contributed by atoms with Crippen molar-refractivity contribution in [2.75, 3.05) is 23.7 Å². The number of fused-ring (bicyclic) bond motifs is 1. The quantitative estimate of drug-likeness (QED) is 0.265. The van der Waals surface area contributed by atoms with Crippen LogP contribution in [0.5, 0.6) is 0 Å². The summed E-state index contributed by atoms with van der Waals surface area (Å²) in [5.74, 6) is 0.572. The summed E-state index contributed by atoms with van der Waals surface area (Å²) >= 11 is 5.98. The summed E-state index contributed by atoms with van der Waals surface area (Å²) < 4.78 is 33.6. The Labute approximate surface area is 202 Å². The number of sulfonamides is 1. The van der Waals surface area contributed by atoms with Crippen molar-refractivity contribution in [3.8, 4) is 0 Å². The van der Waals surface area contributed by atoms with Gasteiger partial charge in [-0.1, -0.05) is 12.1 Å². The lowest BCUT2D eigenvalue weighted by Crippen LogP contribution is -2.24. The molecule has 0 aliphatic heterocycles. The molecular weight excluding hydrogens is 482 g/mol. The van der Waals surface area contributed by atoms with Crippen LogP contribution < -0.4 is 15.4 Å². The molecule has 4 rings (SSSR count). The van der Waals surface area contributed by atoms with Crippen molar-refractivity contribution in [2.24, 2.45) is 0 Å². The molecule has 0 spiro atoms. The van der Waals surface area contributed by atoms with Crippen LogP contribution in [-0.4, -0.2) is 52.9 Å². The molecule has 1 saturated carbocycles. The van der Waals surface area contributed by atoms with Gasteiger partial charge in [-0.15, -0.1) is 0 Å². The number of hydrogen-bond acceptors (Lipinski definition) is 8. The third-order valence-electron chi connectivity index (χ3n) is 5.31. The number of benzene rings is 1. The second kappa shape index (κ2) is 10.4. The van der Waals surface area contributed by atoms with Crippen LogP contribution in [0.2, 0.25) is 5.28 Å². The predicted octanol–water partition coefficient (Wildman–Crippen LogP) is 3.13. The second-order valence-corrected chi connectivity index (χ2v) is 10.2. The number of amides is 1. The number of carbonyl (C=O) groups excluding carboxylic acids is 1. The Balaban J connectivity index is 1.15. The standard InChI is InChI=1S/C21H26ClN7O4S/c1-23-18-17-19(27-20(22)26-18)29(13-25-17)10-2-3-11-33-21(30)24-12-14-4-6-15(7-5-14)28-34(31,32)16-8-9-16/h4-7,13,16,28H,2-3,8-12H2,1H3,(H,24,30)(H,23,26,27). The molecule has 182 valence electrons.